The van der Waals surface area contributed by atoms with Crippen molar-refractivity contribution in [2.45, 2.75) is 19.9 Å². The van der Waals surface area contributed by atoms with Crippen LogP contribution in [0, 0.1) is 0 Å². The van der Waals surface area contributed by atoms with Crippen molar-refractivity contribution < 1.29 is 20.6 Å². The fraction of sp³-hybridized carbons (Fsp3) is 0.0698. The summed E-state index contributed by atoms with van der Waals surface area (Å²) in [5.41, 5.74) is 1.43. The van der Waals surface area contributed by atoms with Crippen LogP contribution in [0.2, 0.25) is 0 Å². The summed E-state index contributed by atoms with van der Waals surface area (Å²) >= 11 is 0. The fourth-order valence-electron chi connectivity index (χ4n) is 6.60. The van der Waals surface area contributed by atoms with Gasteiger partial charge in [0.1, 0.15) is 0 Å². The van der Waals surface area contributed by atoms with Crippen molar-refractivity contribution in [1.82, 2.24) is 4.57 Å². The average molecular weight is 577 g/mol. The Kier molecular flexibility index (Phi) is 3.12. The smallest absolute Gasteiger partial charge is 0.0636 e. The van der Waals surface area contributed by atoms with Gasteiger partial charge in [0.15, 0.2) is 0 Å². The zero-order valence-electron chi connectivity index (χ0n) is 38.7. The number of aromatic nitrogens is 1. The van der Waals surface area contributed by atoms with Crippen molar-refractivity contribution in [3.05, 3.63) is 145 Å². The van der Waals surface area contributed by atoms with Crippen LogP contribution in [0.3, 0.4) is 0 Å². The van der Waals surface area contributed by atoms with Gasteiger partial charge in [0.05, 0.1) is 20.6 Å². The van der Waals surface area contributed by atoms with Crippen LogP contribution in [0.4, 0.5) is 0 Å². The first-order chi connectivity index (χ1) is 27.9. The Balaban J connectivity index is 1.58. The molecule has 9 aromatic rings. The van der Waals surface area contributed by atoms with Crippen LogP contribution < -0.4 is 0 Å². The SMILES string of the molecule is [2H]c1c([2H])c([2H])c2c([2H])c(-c3c4c([2H])c([2H])c([2H])c([2H])c4c(-c4ccc5c(c4)c4c6ccccc6ccc4n5C(C)C)c4c([2H])c([2H])c([2H])c([2H])c34)c([2H])c([2H])c2c1[2H]. The highest BCUT2D eigenvalue weighted by Crippen LogP contribution is 2.46. The minimum atomic E-state index is -0.725. The molecule has 0 atom stereocenters. The Morgan fingerprint density at radius 3 is 1.82 bits per heavy atom. The predicted molar refractivity (Wildman–Crippen MR) is 191 cm³/mol. The molecule has 0 bridgehead atoms. The molecule has 0 saturated heterocycles. The van der Waals surface area contributed by atoms with Crippen molar-refractivity contribution >= 4 is 64.9 Å². The molecule has 0 amide bonds. The van der Waals surface area contributed by atoms with Crippen LogP contribution in [-0.4, -0.2) is 4.57 Å². The van der Waals surface area contributed by atoms with Gasteiger partial charge in [0.25, 0.3) is 0 Å². The highest BCUT2D eigenvalue weighted by atomic mass is 15.0. The first kappa shape index (κ1) is 14.4. The normalized spacial score (nSPS) is 16.8. The van der Waals surface area contributed by atoms with Crippen LogP contribution in [0.25, 0.3) is 87.1 Å². The molecule has 0 saturated carbocycles. The van der Waals surface area contributed by atoms with Crippen molar-refractivity contribution in [2.75, 3.05) is 0 Å². The van der Waals surface area contributed by atoms with E-state index < -0.39 is 107 Å². The number of benzene rings is 8. The predicted octanol–water partition coefficient (Wildman–Crippen LogP) is 12.3. The molecule has 0 spiro atoms. The highest BCUT2D eigenvalue weighted by Gasteiger charge is 2.20. The largest absolute Gasteiger partial charge is 0.338 e. The fourth-order valence-corrected chi connectivity index (χ4v) is 6.60. The minimum Gasteiger partial charge on any atom is -0.338 e. The summed E-state index contributed by atoms with van der Waals surface area (Å²) in [4.78, 5) is 0. The van der Waals surface area contributed by atoms with E-state index in [1.54, 1.807) is 6.07 Å². The van der Waals surface area contributed by atoms with Crippen LogP contribution >= 0.6 is 0 Å². The summed E-state index contributed by atoms with van der Waals surface area (Å²) in [6.45, 7) is 4.13. The van der Waals surface area contributed by atoms with Crippen LogP contribution in [0.15, 0.2) is 145 Å². The quantitative estimate of drug-likeness (QED) is 0.184. The molecule has 8 aromatic carbocycles. The monoisotopic (exact) mass is 576 g/mol. The zero-order valence-corrected chi connectivity index (χ0v) is 23.7. The summed E-state index contributed by atoms with van der Waals surface area (Å²) in [5, 5.41) is 1.99. The number of hydrogen-bond donors (Lipinski definition) is 0. The van der Waals surface area contributed by atoms with E-state index in [-0.39, 0.29) is 38.7 Å². The van der Waals surface area contributed by atoms with Crippen molar-refractivity contribution in [3.8, 4) is 22.3 Å². The first-order valence-electron chi connectivity index (χ1n) is 21.8. The minimum absolute atomic E-state index is 0.0262. The molecule has 208 valence electrons. The van der Waals surface area contributed by atoms with E-state index in [4.69, 9.17) is 12.3 Å². The second-order valence-electron chi connectivity index (χ2n) is 11.1. The van der Waals surface area contributed by atoms with Gasteiger partial charge in [-0.15, -0.1) is 0 Å². The lowest BCUT2D eigenvalue weighted by Crippen LogP contribution is -1.99. The third kappa shape index (κ3) is 3.59. The van der Waals surface area contributed by atoms with E-state index in [1.165, 1.54) is 0 Å². The molecule has 1 heterocycles. The molecule has 9 rings (SSSR count). The molecule has 0 unspecified atom stereocenters. The number of rotatable bonds is 3. The third-order valence-electron chi connectivity index (χ3n) is 8.37. The molecule has 44 heavy (non-hydrogen) atoms. The van der Waals surface area contributed by atoms with Gasteiger partial charge < -0.3 is 4.57 Å². The van der Waals surface area contributed by atoms with Gasteiger partial charge in [-0.3, -0.25) is 0 Å². The highest BCUT2D eigenvalue weighted by molar-refractivity contribution is 6.24. The summed E-state index contributed by atoms with van der Waals surface area (Å²) in [5.74, 6) is 0. The van der Waals surface area contributed by atoms with Gasteiger partial charge in [0, 0.05) is 27.8 Å². The van der Waals surface area contributed by atoms with E-state index >= 15 is 0 Å². The molecule has 0 radical (unpaired) electrons. The molecule has 0 fully saturated rings. The Morgan fingerprint density at radius 2 is 1.11 bits per heavy atom. The van der Waals surface area contributed by atoms with Crippen LogP contribution in [-0.2, 0) is 0 Å². The van der Waals surface area contributed by atoms with Gasteiger partial charge in [0.2, 0.25) is 0 Å². The van der Waals surface area contributed by atoms with Crippen molar-refractivity contribution in [2.24, 2.45) is 0 Å². The van der Waals surface area contributed by atoms with Crippen molar-refractivity contribution in [3.63, 3.8) is 0 Å². The number of fused-ring (bicyclic) bond motifs is 8. The Hall–Kier alpha value is -5.40. The molecular formula is C43H31N. The standard InChI is InChI=1S/C43H31N/c1-27(2)44-39-23-22-32(26-38(39)43-33-14-6-5-12-29(33)21-24-40(43)44)42-36-17-9-7-15-34(36)41(35-16-8-10-18-37(35)42)31-20-19-28-11-3-4-13-30(28)25-31/h3-27H,1-2H3/i3D,4D,7D,8D,9D,10D,11D,13D,15D,16D,17D,18D,19D,20D,25D. The van der Waals surface area contributed by atoms with Gasteiger partial charge in [-0.2, -0.15) is 0 Å². The Morgan fingerprint density at radius 1 is 0.500 bits per heavy atom. The molecule has 0 aliphatic heterocycles. The first-order valence-corrected chi connectivity index (χ1v) is 14.3. The van der Waals surface area contributed by atoms with E-state index in [0.717, 1.165) is 32.6 Å². The number of hydrogen-bond acceptors (Lipinski definition) is 0. The molecule has 0 aliphatic carbocycles. The second-order valence-corrected chi connectivity index (χ2v) is 11.1. The van der Waals surface area contributed by atoms with E-state index in [9.17, 15) is 8.22 Å². The maximum absolute atomic E-state index is 9.46. The lowest BCUT2D eigenvalue weighted by molar-refractivity contribution is 0.642. The second kappa shape index (κ2) is 9.56. The van der Waals surface area contributed by atoms with Crippen LogP contribution in [0.1, 0.15) is 40.5 Å². The summed E-state index contributed by atoms with van der Waals surface area (Å²) in [7, 11) is 0. The molecule has 1 aromatic heterocycles. The molecule has 0 N–H and O–H groups in total. The van der Waals surface area contributed by atoms with E-state index in [0.29, 0.717) is 5.56 Å². The van der Waals surface area contributed by atoms with Crippen LogP contribution in [0.5, 0.6) is 0 Å². The van der Waals surface area contributed by atoms with E-state index in [2.05, 4.69) is 18.4 Å². The molecule has 0 aliphatic rings. The van der Waals surface area contributed by atoms with Gasteiger partial charge in [-0.1, -0.05) is 121 Å². The van der Waals surface area contributed by atoms with Gasteiger partial charge >= 0.3 is 0 Å². The zero-order chi connectivity index (χ0) is 42.4. The molecule has 1 nitrogen and oxygen atoms in total. The molecule has 1 heteroatoms. The lowest BCUT2D eigenvalue weighted by Gasteiger charge is -2.18. The third-order valence-corrected chi connectivity index (χ3v) is 8.37. The Bertz CT molecular complexity index is 3340. The average Bonchev–Trinajstić information content (AvgIpc) is 3.57. The van der Waals surface area contributed by atoms with Gasteiger partial charge in [-0.25, -0.2) is 0 Å². The van der Waals surface area contributed by atoms with Crippen molar-refractivity contribution in [1.29, 1.82) is 0 Å². The summed E-state index contributed by atoms with van der Waals surface area (Å²) < 4.78 is 137. The maximum atomic E-state index is 9.46. The Labute approximate surface area is 277 Å². The van der Waals surface area contributed by atoms with Gasteiger partial charge in [-0.05, 0) is 103 Å². The summed E-state index contributed by atoms with van der Waals surface area (Å²) in [6, 6.07) is 7.75. The molecular weight excluding hydrogens is 530 g/mol. The lowest BCUT2D eigenvalue weighted by atomic mass is 9.85. The summed E-state index contributed by atoms with van der Waals surface area (Å²) in [6.07, 6.45) is 0. The topological polar surface area (TPSA) is 4.93 Å². The number of nitrogens with zero attached hydrogens (tertiary/aromatic N) is 1. The maximum Gasteiger partial charge on any atom is 0.0636 e. The van der Waals surface area contributed by atoms with E-state index in [1.807, 2.05) is 48.5 Å².